The highest BCUT2D eigenvalue weighted by Gasteiger charge is 2.35. The summed E-state index contributed by atoms with van der Waals surface area (Å²) in [6.07, 6.45) is 7.60. The summed E-state index contributed by atoms with van der Waals surface area (Å²) in [5.74, 6) is 0.306. The minimum atomic E-state index is -3.41. The fraction of sp³-hybridized carbons (Fsp3) is 0.333. The number of nitrogens with zero attached hydrogens (tertiary/aromatic N) is 5. The normalized spacial score (nSPS) is 23.1. The summed E-state index contributed by atoms with van der Waals surface area (Å²) >= 11 is 0. The maximum absolute atomic E-state index is 13.0. The van der Waals surface area contributed by atoms with Crippen molar-refractivity contribution in [2.45, 2.75) is 25.2 Å². The van der Waals surface area contributed by atoms with Gasteiger partial charge in [0.25, 0.3) is 0 Å². The zero-order chi connectivity index (χ0) is 20.3. The van der Waals surface area contributed by atoms with Gasteiger partial charge in [0, 0.05) is 18.8 Å². The van der Waals surface area contributed by atoms with Crippen LogP contribution in [0.2, 0.25) is 0 Å². The highest BCUT2D eigenvalue weighted by Crippen LogP contribution is 2.56. The summed E-state index contributed by atoms with van der Waals surface area (Å²) in [6, 6.07) is 3.68. The van der Waals surface area contributed by atoms with Crippen LogP contribution in [-0.4, -0.2) is 43.6 Å². The Balaban J connectivity index is 1.41. The van der Waals surface area contributed by atoms with E-state index in [-0.39, 0.29) is 12.5 Å². The highest BCUT2D eigenvalue weighted by atomic mass is 31.2. The van der Waals surface area contributed by atoms with Crippen LogP contribution in [0.3, 0.4) is 0 Å². The van der Waals surface area contributed by atoms with Crippen molar-refractivity contribution in [1.82, 2.24) is 24.5 Å². The summed E-state index contributed by atoms with van der Waals surface area (Å²) in [4.78, 5) is 16.4. The van der Waals surface area contributed by atoms with Gasteiger partial charge in [-0.2, -0.15) is 0 Å². The number of hydrogen-bond donors (Lipinski definition) is 1. The van der Waals surface area contributed by atoms with Gasteiger partial charge >= 0.3 is 7.60 Å². The van der Waals surface area contributed by atoms with Crippen molar-refractivity contribution in [2.24, 2.45) is 0 Å². The Morgan fingerprint density at radius 1 is 1.38 bits per heavy atom. The minimum absolute atomic E-state index is 0.185. The minimum Gasteiger partial charge on any atom is -0.382 e. The summed E-state index contributed by atoms with van der Waals surface area (Å²) in [5, 5.41) is 0. The van der Waals surface area contributed by atoms with Crippen LogP contribution >= 0.6 is 7.60 Å². The Morgan fingerprint density at radius 3 is 3.00 bits per heavy atom. The molecule has 0 bridgehead atoms. The first-order valence-corrected chi connectivity index (χ1v) is 10.8. The number of nitrogens with two attached hydrogens (primary N) is 1. The predicted molar refractivity (Wildman–Crippen MR) is 106 cm³/mol. The molecule has 0 amide bonds. The average Bonchev–Trinajstić information content (AvgIpc) is 3.16. The molecule has 0 radical (unpaired) electrons. The number of nitrogen functional groups attached to an aromatic ring is 1. The largest absolute Gasteiger partial charge is 0.382 e. The number of anilines is 1. The van der Waals surface area contributed by atoms with Gasteiger partial charge in [-0.25, -0.2) is 15.0 Å². The number of pyridine rings is 1. The zero-order valence-corrected chi connectivity index (χ0v) is 16.5. The van der Waals surface area contributed by atoms with Crippen LogP contribution in [0, 0.1) is 0 Å². The van der Waals surface area contributed by atoms with Gasteiger partial charge in [-0.15, -0.1) is 6.58 Å². The lowest BCUT2D eigenvalue weighted by Gasteiger charge is -2.30. The van der Waals surface area contributed by atoms with E-state index in [2.05, 4.69) is 26.5 Å². The molecule has 3 aromatic heterocycles. The maximum Gasteiger partial charge on any atom is 0.356 e. The fourth-order valence-electron chi connectivity index (χ4n) is 3.06. The Hall–Kier alpha value is -2.65. The second-order valence-electron chi connectivity index (χ2n) is 6.51. The first-order chi connectivity index (χ1) is 14.1. The Bertz CT molecular complexity index is 1040. The van der Waals surface area contributed by atoms with Crippen molar-refractivity contribution in [3.8, 4) is 0 Å². The molecule has 1 unspecified atom stereocenters. The van der Waals surface area contributed by atoms with Crippen LogP contribution in [-0.2, 0) is 24.9 Å². The van der Waals surface area contributed by atoms with Crippen LogP contribution in [0.15, 0.2) is 49.8 Å². The topological polar surface area (TPSA) is 127 Å². The molecule has 3 atom stereocenters. The lowest BCUT2D eigenvalue weighted by atomic mass is 10.1. The molecule has 0 saturated carbocycles. The second kappa shape index (κ2) is 8.38. The molecule has 1 fully saturated rings. The van der Waals surface area contributed by atoms with Crippen molar-refractivity contribution in [2.75, 3.05) is 18.7 Å². The van der Waals surface area contributed by atoms with E-state index in [1.807, 2.05) is 12.1 Å². The zero-order valence-electron chi connectivity index (χ0n) is 15.6. The Labute approximate surface area is 167 Å². The monoisotopic (exact) mass is 416 g/mol. The number of rotatable bonds is 7. The van der Waals surface area contributed by atoms with E-state index < -0.39 is 13.7 Å². The quantitative estimate of drug-likeness (QED) is 0.457. The molecule has 0 aromatic carbocycles. The molecule has 10 nitrogen and oxygen atoms in total. The van der Waals surface area contributed by atoms with E-state index >= 15 is 0 Å². The van der Waals surface area contributed by atoms with Crippen molar-refractivity contribution >= 4 is 24.6 Å². The number of imidazole rings is 1. The van der Waals surface area contributed by atoms with Crippen LogP contribution in [0.25, 0.3) is 11.2 Å². The third-order valence-corrected chi connectivity index (χ3v) is 6.17. The first-order valence-electron chi connectivity index (χ1n) is 9.05. The lowest BCUT2D eigenvalue weighted by molar-refractivity contribution is 0.0421. The molecule has 29 heavy (non-hydrogen) atoms. The SMILES string of the molecule is C=C[C@H](Cn1cnc2c(N)ncnc21)OCP1(=O)OCC[C@@H](c2ccncc2)O1. The third-order valence-electron chi connectivity index (χ3n) is 4.55. The molecule has 11 heteroatoms. The average molecular weight is 416 g/mol. The molecule has 4 heterocycles. The number of aromatic nitrogens is 5. The van der Waals surface area contributed by atoms with E-state index in [4.69, 9.17) is 19.5 Å². The highest BCUT2D eigenvalue weighted by molar-refractivity contribution is 7.53. The molecule has 2 N–H and O–H groups in total. The van der Waals surface area contributed by atoms with Gasteiger partial charge in [0.05, 0.1) is 31.7 Å². The smallest absolute Gasteiger partial charge is 0.356 e. The number of hydrogen-bond acceptors (Lipinski definition) is 9. The van der Waals surface area contributed by atoms with Crippen LogP contribution in [0.1, 0.15) is 18.1 Å². The summed E-state index contributed by atoms with van der Waals surface area (Å²) < 4.78 is 31.8. The van der Waals surface area contributed by atoms with Crippen LogP contribution in [0.5, 0.6) is 0 Å². The number of fused-ring (bicyclic) bond motifs is 1. The summed E-state index contributed by atoms with van der Waals surface area (Å²) in [5.41, 5.74) is 7.83. The van der Waals surface area contributed by atoms with E-state index in [0.717, 1.165) is 5.56 Å². The molecule has 4 rings (SSSR count). The first kappa shape index (κ1) is 19.7. The molecule has 3 aromatic rings. The van der Waals surface area contributed by atoms with Crippen molar-refractivity contribution in [3.63, 3.8) is 0 Å². The van der Waals surface area contributed by atoms with Crippen molar-refractivity contribution in [1.29, 1.82) is 0 Å². The van der Waals surface area contributed by atoms with E-state index in [9.17, 15) is 4.57 Å². The van der Waals surface area contributed by atoms with Crippen LogP contribution < -0.4 is 5.73 Å². The van der Waals surface area contributed by atoms with Gasteiger partial charge in [-0.3, -0.25) is 14.1 Å². The second-order valence-corrected chi connectivity index (χ2v) is 8.45. The molecule has 1 aliphatic heterocycles. The molecule has 1 aliphatic rings. The van der Waals surface area contributed by atoms with Gasteiger partial charge in [0.1, 0.15) is 18.2 Å². The molecule has 1 saturated heterocycles. The fourth-order valence-corrected chi connectivity index (χ4v) is 4.63. The van der Waals surface area contributed by atoms with E-state index in [1.54, 1.807) is 29.4 Å². The van der Waals surface area contributed by atoms with Gasteiger partial charge in [0.15, 0.2) is 11.5 Å². The van der Waals surface area contributed by atoms with Crippen molar-refractivity contribution < 1.29 is 18.3 Å². The standard InChI is InChI=1S/C18H21N6O4P/c1-2-14(9-24-11-23-16-17(19)21-10-22-18(16)24)26-12-29(25)27-8-5-15(28-29)13-3-6-20-7-4-13/h2-4,6-7,10-11,14-15H,1,5,8-9,12H2,(H2,19,21,22)/t14-,15+,29?/m1/s1. The Morgan fingerprint density at radius 2 is 2.21 bits per heavy atom. The predicted octanol–water partition coefficient (Wildman–Crippen LogP) is 2.70. The van der Waals surface area contributed by atoms with Gasteiger partial charge in [-0.05, 0) is 17.7 Å². The van der Waals surface area contributed by atoms with Gasteiger partial charge < -0.3 is 19.6 Å². The molecular formula is C18H21N6O4P. The van der Waals surface area contributed by atoms with E-state index in [1.165, 1.54) is 6.33 Å². The summed E-state index contributed by atoms with van der Waals surface area (Å²) in [7, 11) is -3.41. The lowest BCUT2D eigenvalue weighted by Crippen LogP contribution is -2.21. The van der Waals surface area contributed by atoms with Crippen LogP contribution in [0.4, 0.5) is 5.82 Å². The van der Waals surface area contributed by atoms with Gasteiger partial charge in [0.2, 0.25) is 0 Å². The summed E-state index contributed by atoms with van der Waals surface area (Å²) in [6.45, 7) is 4.49. The molecule has 0 aliphatic carbocycles. The molecule has 0 spiro atoms. The number of ether oxygens (including phenoxy) is 1. The third kappa shape index (κ3) is 4.35. The maximum atomic E-state index is 13.0. The molecule has 152 valence electrons. The molecular weight excluding hydrogens is 395 g/mol. The van der Waals surface area contributed by atoms with E-state index in [0.29, 0.717) is 36.6 Å². The van der Waals surface area contributed by atoms with Gasteiger partial charge in [-0.1, -0.05) is 6.08 Å². The Kier molecular flexibility index (Phi) is 5.68. The van der Waals surface area contributed by atoms with Crippen molar-refractivity contribution in [3.05, 3.63) is 55.4 Å².